The first-order valence-electron chi connectivity index (χ1n) is 11.8. The summed E-state index contributed by atoms with van der Waals surface area (Å²) in [7, 11) is 1.83. The number of anilines is 1. The van der Waals surface area contributed by atoms with Gasteiger partial charge in [0, 0.05) is 29.6 Å². The van der Waals surface area contributed by atoms with E-state index in [2.05, 4.69) is 39.7 Å². The molecule has 0 fully saturated rings. The first kappa shape index (κ1) is 28.4. The molecule has 0 spiro atoms. The summed E-state index contributed by atoms with van der Waals surface area (Å²) < 4.78 is 16.9. The molecule has 0 saturated carbocycles. The average Bonchev–Trinajstić information content (AvgIpc) is 3.48. The number of amides is 1. The predicted octanol–water partition coefficient (Wildman–Crippen LogP) is 7.15. The van der Waals surface area contributed by atoms with Gasteiger partial charge in [-0.2, -0.15) is 5.10 Å². The number of nitrogens with one attached hydrogen (secondary N) is 1. The van der Waals surface area contributed by atoms with Crippen LogP contribution in [0.2, 0.25) is 10.0 Å². The highest BCUT2D eigenvalue weighted by molar-refractivity contribution is 7.99. The lowest BCUT2D eigenvalue weighted by molar-refractivity contribution is -0.113. The van der Waals surface area contributed by atoms with E-state index < -0.39 is 5.82 Å². The van der Waals surface area contributed by atoms with Crippen LogP contribution in [0.25, 0.3) is 17.1 Å². The number of halogens is 3. The number of hydrogen-bond donors (Lipinski definition) is 1. The van der Waals surface area contributed by atoms with Crippen LogP contribution in [0.1, 0.15) is 11.3 Å². The highest BCUT2D eigenvalue weighted by atomic mass is 35.5. The number of rotatable bonds is 6. The van der Waals surface area contributed by atoms with Crippen molar-refractivity contribution in [3.05, 3.63) is 106 Å². The number of carbonyl (C=O) groups excluding carboxylic acids is 1. The van der Waals surface area contributed by atoms with Gasteiger partial charge in [-0.15, -0.1) is 10.2 Å². The molecule has 3 aromatic carbocycles. The van der Waals surface area contributed by atoms with Gasteiger partial charge in [0.1, 0.15) is 5.82 Å². The van der Waals surface area contributed by atoms with Crippen LogP contribution in [0, 0.1) is 19.7 Å². The number of nitrogens with zero attached hydrogens (tertiary/aromatic N) is 5. The van der Waals surface area contributed by atoms with E-state index in [1.165, 1.54) is 35.5 Å². The Hall–Kier alpha value is -3.66. The molecular formula is C28H25Cl2FN6OS. The second-order valence-corrected chi connectivity index (χ2v) is 10.3. The van der Waals surface area contributed by atoms with Crippen molar-refractivity contribution in [2.45, 2.75) is 19.0 Å². The third kappa shape index (κ3) is 7.47. The third-order valence-electron chi connectivity index (χ3n) is 5.45. The minimum absolute atomic E-state index is 0.0607. The molecule has 1 N–H and O–H groups in total. The van der Waals surface area contributed by atoms with Crippen LogP contribution in [0.5, 0.6) is 0 Å². The molecule has 0 aliphatic heterocycles. The Balaban J connectivity index is 0.000000438. The minimum Gasteiger partial charge on any atom is -0.325 e. The normalized spacial score (nSPS) is 10.6. The molecule has 0 unspecified atom stereocenters. The summed E-state index contributed by atoms with van der Waals surface area (Å²) in [6.45, 7) is 3.98. The third-order valence-corrected chi connectivity index (χ3v) is 6.92. The molecule has 0 atom stereocenters. The van der Waals surface area contributed by atoms with Crippen LogP contribution in [-0.4, -0.2) is 36.2 Å². The topological polar surface area (TPSA) is 77.6 Å². The van der Waals surface area contributed by atoms with Crippen molar-refractivity contribution in [3.63, 3.8) is 0 Å². The van der Waals surface area contributed by atoms with E-state index >= 15 is 0 Å². The second-order valence-electron chi connectivity index (χ2n) is 8.54. The molecule has 0 radical (unpaired) electrons. The maximum atomic E-state index is 13.3. The molecule has 5 aromatic rings. The zero-order chi connectivity index (χ0) is 27.9. The predicted molar refractivity (Wildman–Crippen MR) is 155 cm³/mol. The lowest BCUT2D eigenvalue weighted by Crippen LogP contribution is -2.14. The smallest absolute Gasteiger partial charge is 0.234 e. The summed E-state index contributed by atoms with van der Waals surface area (Å²) in [6, 6.07) is 21.5. The maximum Gasteiger partial charge on any atom is 0.234 e. The fourth-order valence-electron chi connectivity index (χ4n) is 3.62. The van der Waals surface area contributed by atoms with Gasteiger partial charge in [-0.25, -0.2) is 4.39 Å². The van der Waals surface area contributed by atoms with Crippen molar-refractivity contribution in [1.29, 1.82) is 0 Å². The summed E-state index contributed by atoms with van der Waals surface area (Å²) in [5.41, 5.74) is 4.16. The number of thioether (sulfide) groups is 1. The van der Waals surface area contributed by atoms with Gasteiger partial charge in [0.25, 0.3) is 0 Å². The summed E-state index contributed by atoms with van der Waals surface area (Å²) in [4.78, 5) is 12.5. The number of carbonyl (C=O) groups is 1. The summed E-state index contributed by atoms with van der Waals surface area (Å²) in [5, 5.41) is 16.8. The molecule has 0 aliphatic rings. The molecule has 2 heterocycles. The Morgan fingerprint density at radius 2 is 1.72 bits per heavy atom. The molecule has 0 saturated heterocycles. The van der Waals surface area contributed by atoms with Crippen LogP contribution >= 0.6 is 35.0 Å². The summed E-state index contributed by atoms with van der Waals surface area (Å²) in [5.74, 6) is -0.172. The molecule has 2 aromatic heterocycles. The first-order valence-corrected chi connectivity index (χ1v) is 13.6. The van der Waals surface area contributed by atoms with Crippen molar-refractivity contribution >= 4 is 46.6 Å². The van der Waals surface area contributed by atoms with Crippen LogP contribution in [-0.2, 0) is 11.8 Å². The van der Waals surface area contributed by atoms with Crippen molar-refractivity contribution in [3.8, 4) is 17.1 Å². The van der Waals surface area contributed by atoms with Crippen LogP contribution < -0.4 is 5.32 Å². The lowest BCUT2D eigenvalue weighted by Gasteiger charge is -2.10. The molecule has 11 heteroatoms. The quantitative estimate of drug-likeness (QED) is 0.215. The van der Waals surface area contributed by atoms with Gasteiger partial charge >= 0.3 is 0 Å². The van der Waals surface area contributed by atoms with Gasteiger partial charge in [0.2, 0.25) is 5.91 Å². The van der Waals surface area contributed by atoms with Gasteiger partial charge in [-0.05, 0) is 56.3 Å². The second kappa shape index (κ2) is 12.9. The monoisotopic (exact) mass is 582 g/mol. The molecule has 200 valence electrons. The highest BCUT2D eigenvalue weighted by Gasteiger charge is 2.20. The Morgan fingerprint density at radius 1 is 1.00 bits per heavy atom. The van der Waals surface area contributed by atoms with Crippen LogP contribution in [0.3, 0.4) is 0 Å². The van der Waals surface area contributed by atoms with Gasteiger partial charge in [0.05, 0.1) is 22.0 Å². The number of aryl methyl sites for hydroxylation is 3. The van der Waals surface area contributed by atoms with Crippen molar-refractivity contribution in [1.82, 2.24) is 24.5 Å². The number of hydrogen-bond acceptors (Lipinski definition) is 5. The Labute approximate surface area is 240 Å². The van der Waals surface area contributed by atoms with Crippen molar-refractivity contribution in [2.75, 3.05) is 11.1 Å². The molecule has 1 amide bonds. The van der Waals surface area contributed by atoms with Crippen molar-refractivity contribution in [2.24, 2.45) is 7.05 Å². The van der Waals surface area contributed by atoms with E-state index in [9.17, 15) is 9.18 Å². The average molecular weight is 584 g/mol. The number of aromatic nitrogens is 5. The number of benzene rings is 3. The molecular weight excluding hydrogens is 558 g/mol. The van der Waals surface area contributed by atoms with E-state index in [1.54, 1.807) is 16.8 Å². The van der Waals surface area contributed by atoms with Gasteiger partial charge in [-0.3, -0.25) is 14.0 Å². The van der Waals surface area contributed by atoms with E-state index in [-0.39, 0.29) is 16.7 Å². The van der Waals surface area contributed by atoms with E-state index in [1.807, 2.05) is 55.1 Å². The lowest BCUT2D eigenvalue weighted by atomic mass is 10.2. The molecule has 39 heavy (non-hydrogen) atoms. The fourth-order valence-corrected chi connectivity index (χ4v) is 4.67. The van der Waals surface area contributed by atoms with E-state index in [0.717, 1.165) is 16.9 Å². The summed E-state index contributed by atoms with van der Waals surface area (Å²) >= 11 is 13.0. The van der Waals surface area contributed by atoms with E-state index in [0.29, 0.717) is 21.7 Å². The fraction of sp³-hybridized carbons (Fsp3) is 0.143. The molecule has 0 aliphatic carbocycles. The van der Waals surface area contributed by atoms with Gasteiger partial charge in [0.15, 0.2) is 11.0 Å². The maximum absolute atomic E-state index is 13.3. The van der Waals surface area contributed by atoms with Gasteiger partial charge in [-0.1, -0.05) is 70.9 Å². The van der Waals surface area contributed by atoms with Crippen LogP contribution in [0.15, 0.2) is 84.1 Å². The van der Waals surface area contributed by atoms with Crippen molar-refractivity contribution < 1.29 is 9.18 Å². The SMILES string of the molecule is Cc1ccccc1.Cc1nn(C)cc1-c1nnc(SCC(=O)Nc2ccc(F)c(Cl)c2)n1-c1ccc(Cl)cc1. The Morgan fingerprint density at radius 3 is 2.31 bits per heavy atom. The molecule has 7 nitrogen and oxygen atoms in total. The minimum atomic E-state index is -0.548. The zero-order valence-electron chi connectivity index (χ0n) is 21.4. The van der Waals surface area contributed by atoms with Crippen LogP contribution in [0.4, 0.5) is 10.1 Å². The largest absolute Gasteiger partial charge is 0.325 e. The Bertz CT molecular complexity index is 1570. The zero-order valence-corrected chi connectivity index (χ0v) is 23.7. The highest BCUT2D eigenvalue weighted by Crippen LogP contribution is 2.30. The standard InChI is InChI=1S/C21H17Cl2FN6OS.C7H8/c1-12-16(10-29(2)28-12)20-26-27-21(30(20)15-6-3-13(22)4-7-15)32-11-19(31)25-14-5-8-18(24)17(23)9-14;1-7-5-3-2-4-6-7/h3-10H,11H2,1-2H3,(H,25,31);2-6H,1H3. The Kier molecular flexibility index (Phi) is 9.40. The van der Waals surface area contributed by atoms with E-state index in [4.69, 9.17) is 23.2 Å². The first-order chi connectivity index (χ1) is 18.7. The van der Waals surface area contributed by atoms with Gasteiger partial charge < -0.3 is 5.32 Å². The summed E-state index contributed by atoms with van der Waals surface area (Å²) in [6.07, 6.45) is 1.87. The molecule has 0 bridgehead atoms. The molecule has 5 rings (SSSR count).